The summed E-state index contributed by atoms with van der Waals surface area (Å²) in [6.45, 7) is 0. The van der Waals surface area contributed by atoms with Crippen molar-refractivity contribution in [1.82, 2.24) is 9.50 Å². The molecule has 0 amide bonds. The van der Waals surface area contributed by atoms with E-state index < -0.39 is 0 Å². The predicted molar refractivity (Wildman–Crippen MR) is 39.2 cm³/mol. The molecule has 0 atom stereocenters. The molecule has 4 nitrogen and oxygen atoms in total. The van der Waals surface area contributed by atoms with E-state index >= 15 is 0 Å². The minimum Gasteiger partial charge on any atom is -0.260 e. The fraction of sp³-hybridized carbons (Fsp3) is 0.143. The number of H-pyrrole nitrogens is 1. The van der Waals surface area contributed by atoms with Crippen LogP contribution in [0.5, 0.6) is 0 Å². The Bertz CT molecular complexity index is 440. The van der Waals surface area contributed by atoms with Crippen LogP contribution in [0, 0.1) is 0 Å². The third-order valence-corrected chi connectivity index (χ3v) is 1.60. The molecule has 0 unspecified atom stereocenters. The van der Waals surface area contributed by atoms with Gasteiger partial charge in [0, 0.05) is 6.20 Å². The first-order valence-corrected chi connectivity index (χ1v) is 3.33. The molecule has 0 saturated carbocycles. The molecule has 0 spiro atoms. The number of hydrogen-bond acceptors (Lipinski definition) is 1. The van der Waals surface area contributed by atoms with Gasteiger partial charge in [0.05, 0.1) is 0 Å². The Hall–Kier alpha value is -1.58. The van der Waals surface area contributed by atoms with Crippen LogP contribution in [0.4, 0.5) is 0 Å². The first-order chi connectivity index (χ1) is 5.27. The Kier molecular flexibility index (Phi) is 1.09. The molecule has 11 heavy (non-hydrogen) atoms. The normalized spacial score (nSPS) is 10.6. The third kappa shape index (κ3) is 0.832. The average molecular weight is 150 g/mol. The maximum Gasteiger partial charge on any atom is 0.379 e. The first kappa shape index (κ1) is 6.15. The van der Waals surface area contributed by atoms with Crippen molar-refractivity contribution in [2.24, 2.45) is 7.05 Å². The highest BCUT2D eigenvalue weighted by Crippen LogP contribution is 1.94. The quantitative estimate of drug-likeness (QED) is 0.503. The van der Waals surface area contributed by atoms with Crippen LogP contribution < -0.4 is 10.4 Å². The van der Waals surface area contributed by atoms with Gasteiger partial charge >= 0.3 is 5.69 Å². The van der Waals surface area contributed by atoms with E-state index in [1.54, 1.807) is 22.3 Å². The molecule has 1 N–H and O–H groups in total. The van der Waals surface area contributed by atoms with Crippen molar-refractivity contribution in [3.63, 3.8) is 0 Å². The second-order valence-corrected chi connectivity index (χ2v) is 2.46. The van der Waals surface area contributed by atoms with Crippen LogP contribution in [0.2, 0.25) is 0 Å². The Labute approximate surface area is 62.7 Å². The van der Waals surface area contributed by atoms with Gasteiger partial charge in [0.25, 0.3) is 0 Å². The maximum absolute atomic E-state index is 11.1. The number of fused-ring (bicyclic) bond motifs is 1. The molecular weight excluding hydrogens is 142 g/mol. The largest absolute Gasteiger partial charge is 0.379 e. The lowest BCUT2D eigenvalue weighted by molar-refractivity contribution is -0.731. The average Bonchev–Trinajstić information content (AvgIpc) is 2.34. The smallest absolute Gasteiger partial charge is 0.260 e. The highest BCUT2D eigenvalue weighted by Gasteiger charge is 2.00. The van der Waals surface area contributed by atoms with Gasteiger partial charge in [0.1, 0.15) is 5.52 Å². The minimum atomic E-state index is -0.116. The van der Waals surface area contributed by atoms with Gasteiger partial charge in [0.15, 0.2) is 7.05 Å². The number of rotatable bonds is 0. The highest BCUT2D eigenvalue weighted by molar-refractivity contribution is 5.42. The Balaban J connectivity index is 3.02. The summed E-state index contributed by atoms with van der Waals surface area (Å²) in [5.74, 6) is 0. The molecular formula is C7H8N3O+. The van der Waals surface area contributed by atoms with E-state index in [-0.39, 0.29) is 5.69 Å². The lowest BCUT2D eigenvalue weighted by Crippen LogP contribution is -2.40. The summed E-state index contributed by atoms with van der Waals surface area (Å²) in [6.07, 6.45) is 3.58. The lowest BCUT2D eigenvalue weighted by Gasteiger charge is -1.89. The zero-order valence-electron chi connectivity index (χ0n) is 6.11. The molecule has 0 saturated heterocycles. The van der Waals surface area contributed by atoms with Crippen molar-refractivity contribution in [3.05, 3.63) is 35.0 Å². The van der Waals surface area contributed by atoms with Gasteiger partial charge in [-0.2, -0.15) is 0 Å². The molecule has 0 fully saturated rings. The van der Waals surface area contributed by atoms with E-state index in [1.807, 2.05) is 18.3 Å². The van der Waals surface area contributed by atoms with Gasteiger partial charge in [0.2, 0.25) is 6.20 Å². The van der Waals surface area contributed by atoms with Crippen LogP contribution in [-0.2, 0) is 7.05 Å². The van der Waals surface area contributed by atoms with E-state index in [9.17, 15) is 4.79 Å². The summed E-state index contributed by atoms with van der Waals surface area (Å²) >= 11 is 0. The van der Waals surface area contributed by atoms with Crippen LogP contribution in [-0.4, -0.2) is 9.50 Å². The molecule has 0 aliphatic heterocycles. The molecule has 0 bridgehead atoms. The molecule has 2 rings (SSSR count). The van der Waals surface area contributed by atoms with Gasteiger partial charge in [-0.15, -0.1) is 9.78 Å². The molecule has 4 heteroatoms. The Morgan fingerprint density at radius 2 is 2.45 bits per heavy atom. The summed E-state index contributed by atoms with van der Waals surface area (Å²) in [5.41, 5.74) is 0.784. The van der Waals surface area contributed by atoms with Crippen molar-refractivity contribution >= 4 is 5.52 Å². The predicted octanol–water partition coefficient (Wildman–Crippen LogP) is -0.548. The Morgan fingerprint density at radius 3 is 3.27 bits per heavy atom. The van der Waals surface area contributed by atoms with E-state index in [0.29, 0.717) is 0 Å². The standard InChI is InChI=1S/C7H7N3O/c1-9-5-6-3-2-4-10(6)7(11)8-9/h2-5H,1H3/p+1. The van der Waals surface area contributed by atoms with Gasteiger partial charge in [-0.3, -0.25) is 4.40 Å². The van der Waals surface area contributed by atoms with Gasteiger partial charge in [-0.25, -0.2) is 4.79 Å². The van der Waals surface area contributed by atoms with Crippen molar-refractivity contribution in [2.75, 3.05) is 0 Å². The highest BCUT2D eigenvalue weighted by atomic mass is 16.1. The number of aryl methyl sites for hydroxylation is 1. The summed E-state index contributed by atoms with van der Waals surface area (Å²) < 4.78 is 3.19. The summed E-state index contributed by atoms with van der Waals surface area (Å²) in [4.78, 5) is 11.1. The molecule has 0 aliphatic carbocycles. The van der Waals surface area contributed by atoms with Gasteiger partial charge < -0.3 is 0 Å². The van der Waals surface area contributed by atoms with E-state index in [0.717, 1.165) is 5.52 Å². The van der Waals surface area contributed by atoms with E-state index in [1.165, 1.54) is 0 Å². The first-order valence-electron chi connectivity index (χ1n) is 3.33. The second kappa shape index (κ2) is 1.95. The zero-order chi connectivity index (χ0) is 7.84. The van der Waals surface area contributed by atoms with E-state index in [4.69, 9.17) is 0 Å². The lowest BCUT2D eigenvalue weighted by atomic mass is 10.5. The van der Waals surface area contributed by atoms with Crippen molar-refractivity contribution in [3.8, 4) is 0 Å². The third-order valence-electron chi connectivity index (χ3n) is 1.60. The van der Waals surface area contributed by atoms with Crippen molar-refractivity contribution in [1.29, 1.82) is 0 Å². The summed E-state index contributed by atoms with van der Waals surface area (Å²) in [6, 6.07) is 3.72. The zero-order valence-corrected chi connectivity index (χ0v) is 6.11. The molecule has 0 aromatic carbocycles. The second-order valence-electron chi connectivity index (χ2n) is 2.46. The Morgan fingerprint density at radius 1 is 1.64 bits per heavy atom. The fourth-order valence-corrected chi connectivity index (χ4v) is 1.12. The molecule has 0 radical (unpaired) electrons. The molecule has 56 valence electrons. The molecule has 2 aromatic rings. The van der Waals surface area contributed by atoms with Gasteiger partial charge in [-0.05, 0) is 12.1 Å². The van der Waals surface area contributed by atoms with Crippen LogP contribution in [0.1, 0.15) is 0 Å². The summed E-state index contributed by atoms with van der Waals surface area (Å²) in [5, 5.41) is 2.62. The van der Waals surface area contributed by atoms with Gasteiger partial charge in [-0.1, -0.05) is 0 Å². The summed E-state index contributed by atoms with van der Waals surface area (Å²) in [7, 11) is 1.79. The number of nitrogens with zero attached hydrogens (tertiary/aromatic N) is 2. The molecule has 0 aliphatic rings. The fourth-order valence-electron chi connectivity index (χ4n) is 1.12. The van der Waals surface area contributed by atoms with Crippen molar-refractivity contribution < 1.29 is 4.68 Å². The SMILES string of the molecule is C[n+]1cc2cccn2c(=O)[nH]1. The minimum absolute atomic E-state index is 0.116. The molecule has 2 aromatic heterocycles. The topological polar surface area (TPSA) is 41.1 Å². The molecule has 2 heterocycles. The number of aromatic amines is 1. The van der Waals surface area contributed by atoms with Crippen LogP contribution in [0.15, 0.2) is 29.3 Å². The number of hydrogen-bond donors (Lipinski definition) is 1. The van der Waals surface area contributed by atoms with E-state index in [2.05, 4.69) is 5.10 Å². The van der Waals surface area contributed by atoms with Crippen molar-refractivity contribution in [2.45, 2.75) is 0 Å². The van der Waals surface area contributed by atoms with Crippen LogP contribution in [0.25, 0.3) is 5.52 Å². The van der Waals surface area contributed by atoms with Crippen LogP contribution in [0.3, 0.4) is 0 Å². The van der Waals surface area contributed by atoms with Crippen LogP contribution >= 0.6 is 0 Å². The number of nitrogens with one attached hydrogen (secondary N) is 1. The maximum atomic E-state index is 11.1. The monoisotopic (exact) mass is 150 g/mol. The number of aromatic nitrogens is 3.